The molecule has 0 unspecified atom stereocenters. The Morgan fingerprint density at radius 2 is 0.867 bits per heavy atom. The molecule has 45 heavy (non-hydrogen) atoms. The molecule has 0 aromatic heterocycles. The molecule has 245 valence electrons. The van der Waals surface area contributed by atoms with E-state index in [1.165, 1.54) is 0 Å². The summed E-state index contributed by atoms with van der Waals surface area (Å²) in [5.41, 5.74) is -3.51. The van der Waals surface area contributed by atoms with Crippen LogP contribution in [0.2, 0.25) is 0 Å². The molecule has 4 rings (SSSR count). The predicted octanol–water partition coefficient (Wildman–Crippen LogP) is -3.66. The van der Waals surface area contributed by atoms with Gasteiger partial charge < -0.3 is 38.8 Å². The average molecular weight is 762 g/mol. The molecule has 25 heteroatoms. The van der Waals surface area contributed by atoms with Crippen LogP contribution in [0.15, 0.2) is 54.2 Å². The largest absolute Gasteiger partial charge is 2.00 e. The minimum absolute atomic E-state index is 0. The average Bonchev–Trinajstić information content (AvgIpc) is 2.86. The van der Waals surface area contributed by atoms with E-state index in [9.17, 15) is 71.7 Å². The first-order chi connectivity index (χ1) is 19.9. The Labute approximate surface area is 261 Å². The summed E-state index contributed by atoms with van der Waals surface area (Å²) in [4.78, 5) is 15.8. The third kappa shape index (κ3) is 7.44. The summed E-state index contributed by atoms with van der Waals surface area (Å²) in [5.74, 6) is -3.73. The summed E-state index contributed by atoms with van der Waals surface area (Å²) in [6.45, 7) is 0. The Morgan fingerprint density at radius 3 is 1.09 bits per heavy atom. The molecule has 0 saturated heterocycles. The normalized spacial score (nSPS) is 16.9. The minimum atomic E-state index is -5.15. The van der Waals surface area contributed by atoms with E-state index in [1.54, 1.807) is 0 Å². The Morgan fingerprint density at radius 1 is 0.578 bits per heavy atom. The number of carbonyl (C=O) groups excluding carboxylic acids is 2. The molecular weight excluding hydrogens is 748 g/mol. The monoisotopic (exact) mass is 761 g/mol. The van der Waals surface area contributed by atoms with Crippen LogP contribution >= 0.6 is 0 Å². The fourth-order valence-electron chi connectivity index (χ4n) is 3.76. The fraction of sp³-hybridized carbons (Fsp3) is 0. The molecule has 0 spiro atoms. The molecule has 2 aliphatic carbocycles. The molecule has 2 aliphatic rings. The second kappa shape index (κ2) is 12.4. The molecule has 0 heterocycles. The number of phenols is 2. The van der Waals surface area contributed by atoms with E-state index in [0.717, 1.165) is 0 Å². The SMILES string of the molecule is O=S(=O)([O-])C1=Cc2cc(S(=O)(=O)[O-])cc(O)c2C(=[OH+])C1=N[OH2+].O=S(=O)([O-])C1=Cc2cc(S(=O)(=O)[O-])cc(O)c2C(=[OH+])C1=N[OH2+].[Cu+2]. The van der Waals surface area contributed by atoms with Gasteiger partial charge in [-0.2, -0.15) is 0 Å². The van der Waals surface area contributed by atoms with Gasteiger partial charge in [0, 0.05) is 0 Å². The van der Waals surface area contributed by atoms with Crippen LogP contribution in [0.1, 0.15) is 22.3 Å². The third-order valence-electron chi connectivity index (χ3n) is 5.54. The summed E-state index contributed by atoms with van der Waals surface area (Å²) in [6, 6.07) is 2.45. The molecule has 1 radical (unpaired) electrons. The van der Waals surface area contributed by atoms with Gasteiger partial charge in [-0.25, -0.2) is 33.7 Å². The smallest absolute Gasteiger partial charge is 0.744 e. The number of fused-ring (bicyclic) bond motifs is 2. The van der Waals surface area contributed by atoms with Crippen molar-refractivity contribution in [2.45, 2.75) is 9.79 Å². The van der Waals surface area contributed by atoms with E-state index in [2.05, 4.69) is 10.3 Å². The van der Waals surface area contributed by atoms with E-state index < -0.39 is 117 Å². The van der Waals surface area contributed by atoms with Gasteiger partial charge in [0.15, 0.2) is 0 Å². The Balaban J connectivity index is 0.000000307. The number of ketones is 2. The number of nitrogens with zero attached hydrogens (tertiary/aromatic N) is 2. The number of aromatic hydroxyl groups is 2. The van der Waals surface area contributed by atoms with Crippen molar-refractivity contribution in [3.63, 3.8) is 0 Å². The van der Waals surface area contributed by atoms with Crippen LogP contribution in [0.5, 0.6) is 11.5 Å². The zero-order valence-corrected chi connectivity index (χ0v) is 25.2. The zero-order chi connectivity index (χ0) is 33.7. The van der Waals surface area contributed by atoms with Crippen molar-refractivity contribution >= 4 is 75.6 Å². The van der Waals surface area contributed by atoms with Gasteiger partial charge in [-0.05, 0) is 47.5 Å². The standard InChI is InChI=1S/2C10H7NO9S2.Cu/c2*12-6-3-5(21(15,16)17)1-4-2-7(22(18,19)20)9(11-14)10(13)8(4)6;/h2*1-3,12,14H,(H,15,16,17)(H,18,19,20);/q;;+2. The Kier molecular flexibility index (Phi) is 10.2. The maximum Gasteiger partial charge on any atom is 2.00 e. The van der Waals surface area contributed by atoms with Crippen molar-refractivity contribution in [2.75, 3.05) is 0 Å². The number of allylic oxidation sites excluding steroid dienone is 2. The van der Waals surface area contributed by atoms with E-state index in [4.69, 9.17) is 10.4 Å². The van der Waals surface area contributed by atoms with E-state index in [0.29, 0.717) is 36.4 Å². The van der Waals surface area contributed by atoms with Gasteiger partial charge in [0.1, 0.15) is 63.1 Å². The predicted molar refractivity (Wildman–Crippen MR) is 142 cm³/mol. The molecule has 0 atom stereocenters. The number of benzene rings is 2. The first-order valence-corrected chi connectivity index (χ1v) is 16.2. The molecule has 0 fully saturated rings. The first-order valence-electron chi connectivity index (χ1n) is 10.6. The van der Waals surface area contributed by atoms with Crippen LogP contribution in [0.3, 0.4) is 0 Å². The van der Waals surface area contributed by atoms with E-state index in [1.807, 2.05) is 0 Å². The molecular formula is C20H14CuN2O18S4+2. The van der Waals surface area contributed by atoms with Crippen molar-refractivity contribution in [3.8, 4) is 11.5 Å². The van der Waals surface area contributed by atoms with Crippen LogP contribution in [-0.4, -0.2) is 105 Å². The Hall–Kier alpha value is -4.04. The first kappa shape index (κ1) is 37.1. The number of phenolic OH excluding ortho intramolecular Hbond substituents is 2. The van der Waals surface area contributed by atoms with Crippen LogP contribution in [0.4, 0.5) is 0 Å². The van der Waals surface area contributed by atoms with Gasteiger partial charge in [-0.15, -0.1) is 0 Å². The number of hydrogen-bond acceptors (Lipinski definition) is 16. The maximum absolute atomic E-state index is 11.1. The summed E-state index contributed by atoms with van der Waals surface area (Å²) in [5, 5.41) is 38.5. The molecule has 0 aliphatic heterocycles. The van der Waals surface area contributed by atoms with Gasteiger partial charge in [0.25, 0.3) is 11.4 Å². The molecule has 0 amide bonds. The summed E-state index contributed by atoms with van der Waals surface area (Å²) in [6.07, 6.45) is 1.22. The van der Waals surface area contributed by atoms with Crippen molar-refractivity contribution in [1.82, 2.24) is 0 Å². The third-order valence-corrected chi connectivity index (χ3v) is 8.87. The molecule has 0 saturated carbocycles. The van der Waals surface area contributed by atoms with Gasteiger partial charge in [-0.1, -0.05) is 0 Å². The fourth-order valence-corrected chi connectivity index (χ4v) is 6.12. The summed E-state index contributed by atoms with van der Waals surface area (Å²) >= 11 is 0. The van der Waals surface area contributed by atoms with Crippen molar-refractivity contribution < 1.29 is 99.2 Å². The Bertz CT molecular complexity index is 2080. The van der Waals surface area contributed by atoms with Gasteiger partial charge in [0.05, 0.1) is 29.9 Å². The molecule has 0 bridgehead atoms. The molecule has 8 N–H and O–H groups in total. The molecule has 2 aromatic carbocycles. The molecule has 2 aromatic rings. The summed E-state index contributed by atoms with van der Waals surface area (Å²) in [7, 11) is -20.3. The quantitative estimate of drug-likeness (QED) is 0.131. The number of hydrogen-bond donors (Lipinski definition) is 2. The second-order valence-corrected chi connectivity index (χ2v) is 13.7. The maximum atomic E-state index is 11.1. The van der Waals surface area contributed by atoms with Crippen molar-refractivity contribution in [3.05, 3.63) is 56.3 Å². The van der Waals surface area contributed by atoms with E-state index >= 15 is 0 Å². The minimum Gasteiger partial charge on any atom is -0.744 e. The van der Waals surface area contributed by atoms with E-state index in [-0.39, 0.29) is 17.1 Å². The second-order valence-electron chi connectivity index (χ2n) is 8.26. The van der Waals surface area contributed by atoms with Crippen LogP contribution in [-0.2, 0) is 57.5 Å². The topological polar surface area (TPSA) is 383 Å². The summed E-state index contributed by atoms with van der Waals surface area (Å²) < 4.78 is 133. The van der Waals surface area contributed by atoms with Crippen molar-refractivity contribution in [1.29, 1.82) is 0 Å². The zero-order valence-electron chi connectivity index (χ0n) is 21.0. The van der Waals surface area contributed by atoms with Crippen LogP contribution < -0.4 is 0 Å². The number of rotatable bonds is 4. The van der Waals surface area contributed by atoms with Gasteiger partial charge >= 0.3 is 28.6 Å². The van der Waals surface area contributed by atoms with Crippen molar-refractivity contribution in [2.24, 2.45) is 10.3 Å². The van der Waals surface area contributed by atoms with Crippen LogP contribution in [0.25, 0.3) is 12.2 Å². The van der Waals surface area contributed by atoms with Gasteiger partial charge in [-0.3, -0.25) is 9.59 Å². The molecule has 20 nitrogen and oxygen atoms in total. The van der Waals surface area contributed by atoms with Gasteiger partial charge in [0.2, 0.25) is 0 Å². The van der Waals surface area contributed by atoms with Crippen LogP contribution in [0, 0.1) is 0 Å².